The number of piperidine rings is 1. The van der Waals surface area contributed by atoms with Crippen molar-refractivity contribution in [2.45, 2.75) is 25.3 Å². The Bertz CT molecular complexity index is 448. The molecule has 19 heavy (non-hydrogen) atoms. The first-order chi connectivity index (χ1) is 9.28. The molecule has 2 unspecified atom stereocenters. The lowest BCUT2D eigenvalue weighted by molar-refractivity contribution is 0.103. The highest BCUT2D eigenvalue weighted by Gasteiger charge is 2.32. The zero-order valence-electron chi connectivity index (χ0n) is 11.2. The molecule has 1 aromatic carbocycles. The SMILES string of the molecule is NCCC1CCCN(C2COc3cc(O)ccc32)C1. The molecule has 0 saturated carbocycles. The fourth-order valence-corrected chi connectivity index (χ4v) is 3.34. The van der Waals surface area contributed by atoms with Crippen LogP contribution in [0, 0.1) is 5.92 Å². The lowest BCUT2D eigenvalue weighted by Crippen LogP contribution is -2.39. The first kappa shape index (κ1) is 12.8. The summed E-state index contributed by atoms with van der Waals surface area (Å²) in [6.07, 6.45) is 3.66. The minimum Gasteiger partial charge on any atom is -0.508 e. The predicted molar refractivity (Wildman–Crippen MR) is 74.3 cm³/mol. The Kier molecular flexibility index (Phi) is 3.62. The van der Waals surface area contributed by atoms with Gasteiger partial charge in [-0.1, -0.05) is 0 Å². The molecule has 0 spiro atoms. The van der Waals surface area contributed by atoms with Gasteiger partial charge < -0.3 is 15.6 Å². The third-order valence-corrected chi connectivity index (χ3v) is 4.32. The Labute approximate surface area is 114 Å². The van der Waals surface area contributed by atoms with Crippen LogP contribution >= 0.6 is 0 Å². The zero-order chi connectivity index (χ0) is 13.2. The number of nitrogens with two attached hydrogens (primary N) is 1. The largest absolute Gasteiger partial charge is 0.508 e. The molecule has 2 heterocycles. The van der Waals surface area contributed by atoms with E-state index in [0.717, 1.165) is 37.7 Å². The minimum atomic E-state index is 0.277. The van der Waals surface area contributed by atoms with Crippen molar-refractivity contribution in [2.75, 3.05) is 26.2 Å². The van der Waals surface area contributed by atoms with E-state index in [2.05, 4.69) is 4.90 Å². The number of fused-ring (bicyclic) bond motifs is 1. The smallest absolute Gasteiger partial charge is 0.127 e. The molecule has 104 valence electrons. The second kappa shape index (κ2) is 5.39. The van der Waals surface area contributed by atoms with Gasteiger partial charge in [0.25, 0.3) is 0 Å². The molecule has 2 atom stereocenters. The maximum Gasteiger partial charge on any atom is 0.127 e. The molecule has 0 aliphatic carbocycles. The minimum absolute atomic E-state index is 0.277. The highest BCUT2D eigenvalue weighted by atomic mass is 16.5. The van der Waals surface area contributed by atoms with E-state index in [4.69, 9.17) is 10.5 Å². The number of likely N-dealkylation sites (tertiary alicyclic amines) is 1. The molecule has 0 bridgehead atoms. The number of nitrogens with zero attached hydrogens (tertiary/aromatic N) is 1. The van der Waals surface area contributed by atoms with Gasteiger partial charge in [0.15, 0.2) is 0 Å². The molecule has 0 amide bonds. The summed E-state index contributed by atoms with van der Waals surface area (Å²) in [5.74, 6) is 1.84. The van der Waals surface area contributed by atoms with Gasteiger partial charge in [0.1, 0.15) is 18.1 Å². The van der Waals surface area contributed by atoms with Gasteiger partial charge in [0.2, 0.25) is 0 Å². The van der Waals surface area contributed by atoms with Crippen molar-refractivity contribution < 1.29 is 9.84 Å². The number of hydrogen-bond acceptors (Lipinski definition) is 4. The van der Waals surface area contributed by atoms with Gasteiger partial charge in [0, 0.05) is 18.2 Å². The molecule has 1 fully saturated rings. The molecular weight excluding hydrogens is 240 g/mol. The van der Waals surface area contributed by atoms with Crippen LogP contribution in [0.25, 0.3) is 0 Å². The fraction of sp³-hybridized carbons (Fsp3) is 0.600. The Morgan fingerprint density at radius 3 is 3.16 bits per heavy atom. The number of rotatable bonds is 3. The summed E-state index contributed by atoms with van der Waals surface area (Å²) >= 11 is 0. The van der Waals surface area contributed by atoms with Crippen molar-refractivity contribution in [3.05, 3.63) is 23.8 Å². The average molecular weight is 262 g/mol. The van der Waals surface area contributed by atoms with Crippen molar-refractivity contribution in [3.8, 4) is 11.5 Å². The van der Waals surface area contributed by atoms with E-state index in [0.29, 0.717) is 12.6 Å². The van der Waals surface area contributed by atoms with Crippen molar-refractivity contribution in [1.29, 1.82) is 0 Å². The van der Waals surface area contributed by atoms with Crippen LogP contribution in [0.15, 0.2) is 18.2 Å². The summed E-state index contributed by atoms with van der Waals surface area (Å²) in [7, 11) is 0. The van der Waals surface area contributed by atoms with Crippen LogP contribution in [0.3, 0.4) is 0 Å². The van der Waals surface area contributed by atoms with E-state index in [1.54, 1.807) is 12.1 Å². The Balaban J connectivity index is 1.74. The molecular formula is C15H22N2O2. The normalized spacial score (nSPS) is 27.0. The van der Waals surface area contributed by atoms with Crippen molar-refractivity contribution in [1.82, 2.24) is 4.90 Å². The summed E-state index contributed by atoms with van der Waals surface area (Å²) in [6.45, 7) is 3.74. The number of hydrogen-bond donors (Lipinski definition) is 2. The van der Waals surface area contributed by atoms with Gasteiger partial charge in [-0.3, -0.25) is 4.90 Å². The van der Waals surface area contributed by atoms with E-state index >= 15 is 0 Å². The van der Waals surface area contributed by atoms with Gasteiger partial charge in [-0.25, -0.2) is 0 Å². The predicted octanol–water partition coefficient (Wildman–Crippen LogP) is 1.89. The number of benzene rings is 1. The maximum atomic E-state index is 9.50. The van der Waals surface area contributed by atoms with Gasteiger partial charge in [-0.05, 0) is 50.4 Å². The molecule has 2 aliphatic rings. The third-order valence-electron chi connectivity index (χ3n) is 4.32. The van der Waals surface area contributed by atoms with Crippen molar-refractivity contribution in [3.63, 3.8) is 0 Å². The first-order valence-corrected chi connectivity index (χ1v) is 7.18. The second-order valence-corrected chi connectivity index (χ2v) is 5.63. The third kappa shape index (κ3) is 2.55. The molecule has 4 nitrogen and oxygen atoms in total. The van der Waals surface area contributed by atoms with E-state index in [1.165, 1.54) is 18.4 Å². The van der Waals surface area contributed by atoms with Gasteiger partial charge >= 0.3 is 0 Å². The molecule has 0 radical (unpaired) electrons. The van der Waals surface area contributed by atoms with Crippen LogP contribution in [-0.2, 0) is 0 Å². The molecule has 0 aromatic heterocycles. The van der Waals surface area contributed by atoms with E-state index < -0.39 is 0 Å². The summed E-state index contributed by atoms with van der Waals surface area (Å²) in [4.78, 5) is 2.52. The second-order valence-electron chi connectivity index (χ2n) is 5.63. The summed E-state index contributed by atoms with van der Waals surface area (Å²) < 4.78 is 5.71. The molecule has 4 heteroatoms. The van der Waals surface area contributed by atoms with Crippen LogP contribution in [0.5, 0.6) is 11.5 Å². The molecule has 3 rings (SSSR count). The molecule has 2 aliphatic heterocycles. The van der Waals surface area contributed by atoms with Crippen LogP contribution in [0.1, 0.15) is 30.9 Å². The van der Waals surface area contributed by atoms with Crippen molar-refractivity contribution >= 4 is 0 Å². The molecule has 3 N–H and O–H groups in total. The summed E-state index contributed by atoms with van der Waals surface area (Å²) in [6, 6.07) is 5.81. The zero-order valence-corrected chi connectivity index (χ0v) is 11.2. The monoisotopic (exact) mass is 262 g/mol. The highest BCUT2D eigenvalue weighted by molar-refractivity contribution is 5.44. The lowest BCUT2D eigenvalue weighted by atomic mass is 9.93. The molecule has 1 saturated heterocycles. The van der Waals surface area contributed by atoms with E-state index in [9.17, 15) is 5.11 Å². The number of phenolic OH excluding ortho intramolecular Hbond substituents is 1. The van der Waals surface area contributed by atoms with Crippen LogP contribution < -0.4 is 10.5 Å². The van der Waals surface area contributed by atoms with Gasteiger partial charge in [0.05, 0.1) is 6.04 Å². The van der Waals surface area contributed by atoms with Crippen LogP contribution in [0.4, 0.5) is 0 Å². The lowest BCUT2D eigenvalue weighted by Gasteiger charge is -2.36. The first-order valence-electron chi connectivity index (χ1n) is 7.18. The standard InChI is InChI=1S/C15H22N2O2/c16-6-5-11-2-1-7-17(9-11)14-10-19-15-8-12(18)3-4-13(14)15/h3-4,8,11,14,18H,1-2,5-7,9-10,16H2. The maximum absolute atomic E-state index is 9.50. The van der Waals surface area contributed by atoms with E-state index in [-0.39, 0.29) is 5.75 Å². The summed E-state index contributed by atoms with van der Waals surface area (Å²) in [5.41, 5.74) is 6.89. The quantitative estimate of drug-likeness (QED) is 0.873. The summed E-state index contributed by atoms with van der Waals surface area (Å²) in [5, 5.41) is 9.50. The van der Waals surface area contributed by atoms with E-state index in [1.807, 2.05) is 6.07 Å². The van der Waals surface area contributed by atoms with Gasteiger partial charge in [-0.15, -0.1) is 0 Å². The fourth-order valence-electron chi connectivity index (χ4n) is 3.34. The number of ether oxygens (including phenoxy) is 1. The van der Waals surface area contributed by atoms with Crippen LogP contribution in [-0.4, -0.2) is 36.2 Å². The number of aromatic hydroxyl groups is 1. The van der Waals surface area contributed by atoms with Gasteiger partial charge in [-0.2, -0.15) is 0 Å². The Hall–Kier alpha value is -1.26. The highest BCUT2D eigenvalue weighted by Crippen LogP contribution is 2.39. The Morgan fingerprint density at radius 1 is 1.42 bits per heavy atom. The molecule has 1 aromatic rings. The Morgan fingerprint density at radius 2 is 2.32 bits per heavy atom. The van der Waals surface area contributed by atoms with Crippen LogP contribution in [0.2, 0.25) is 0 Å². The number of phenols is 1. The van der Waals surface area contributed by atoms with Crippen molar-refractivity contribution in [2.24, 2.45) is 11.7 Å². The topological polar surface area (TPSA) is 58.7 Å². The average Bonchev–Trinajstić information content (AvgIpc) is 2.82.